The summed E-state index contributed by atoms with van der Waals surface area (Å²) in [6.45, 7) is 3.43. The van der Waals surface area contributed by atoms with Gasteiger partial charge in [0.25, 0.3) is 5.91 Å². The lowest BCUT2D eigenvalue weighted by molar-refractivity contribution is 0.0747. The average Bonchev–Trinajstić information content (AvgIpc) is 3.33. The van der Waals surface area contributed by atoms with Gasteiger partial charge in [-0.05, 0) is 17.7 Å². The molecule has 2 heterocycles. The van der Waals surface area contributed by atoms with Gasteiger partial charge in [-0.15, -0.1) is 0 Å². The normalized spacial score (nSPS) is 13.7. The van der Waals surface area contributed by atoms with Gasteiger partial charge in [0.2, 0.25) is 0 Å². The summed E-state index contributed by atoms with van der Waals surface area (Å²) in [6, 6.07) is 28.2. The van der Waals surface area contributed by atoms with Gasteiger partial charge in [-0.3, -0.25) is 9.48 Å². The standard InChI is InChI=1S/C28H28N4O2/c1-34-26-15-9-8-14-25(26)30-16-18-31(19-17-30)28(33)24-21-32(20-22-10-4-2-5-11-22)29-27(24)23-12-6-3-7-13-23/h2-15,21H,16-20H2,1H3. The molecule has 6 heteroatoms. The molecule has 0 unspecified atom stereocenters. The summed E-state index contributed by atoms with van der Waals surface area (Å²) in [6.07, 6.45) is 1.89. The summed E-state index contributed by atoms with van der Waals surface area (Å²) in [7, 11) is 1.69. The van der Waals surface area contributed by atoms with Crippen molar-refractivity contribution in [3.8, 4) is 17.0 Å². The van der Waals surface area contributed by atoms with Crippen LogP contribution in [-0.4, -0.2) is 53.9 Å². The summed E-state index contributed by atoms with van der Waals surface area (Å²) >= 11 is 0. The summed E-state index contributed by atoms with van der Waals surface area (Å²) in [5.74, 6) is 0.883. The summed E-state index contributed by atoms with van der Waals surface area (Å²) in [5, 5.41) is 4.82. The van der Waals surface area contributed by atoms with Gasteiger partial charge < -0.3 is 14.5 Å². The maximum Gasteiger partial charge on any atom is 0.257 e. The topological polar surface area (TPSA) is 50.6 Å². The molecule has 5 rings (SSSR count). The van der Waals surface area contributed by atoms with Crippen LogP contribution in [0.5, 0.6) is 5.75 Å². The van der Waals surface area contributed by atoms with Crippen LogP contribution in [0.3, 0.4) is 0 Å². The molecule has 1 amide bonds. The van der Waals surface area contributed by atoms with Crippen LogP contribution in [0.2, 0.25) is 0 Å². The van der Waals surface area contributed by atoms with Crippen LogP contribution in [0.25, 0.3) is 11.3 Å². The second-order valence-corrected chi connectivity index (χ2v) is 8.39. The van der Waals surface area contributed by atoms with Crippen LogP contribution in [0, 0.1) is 0 Å². The monoisotopic (exact) mass is 452 g/mol. The number of aromatic nitrogens is 2. The number of carbonyl (C=O) groups is 1. The number of benzene rings is 3. The molecule has 0 N–H and O–H groups in total. The molecule has 0 radical (unpaired) electrons. The molecule has 1 aliphatic rings. The Morgan fingerprint density at radius 2 is 1.50 bits per heavy atom. The van der Waals surface area contributed by atoms with Crippen LogP contribution in [0.4, 0.5) is 5.69 Å². The molecule has 1 aliphatic heterocycles. The predicted molar refractivity (Wildman–Crippen MR) is 134 cm³/mol. The van der Waals surface area contributed by atoms with E-state index in [1.807, 2.05) is 82.5 Å². The Kier molecular flexibility index (Phi) is 6.29. The second kappa shape index (κ2) is 9.83. The highest BCUT2D eigenvalue weighted by atomic mass is 16.5. The van der Waals surface area contributed by atoms with Crippen molar-refractivity contribution in [3.05, 3.63) is 102 Å². The van der Waals surface area contributed by atoms with Crippen LogP contribution >= 0.6 is 0 Å². The third-order valence-corrected chi connectivity index (χ3v) is 6.22. The number of anilines is 1. The first-order valence-electron chi connectivity index (χ1n) is 11.6. The van der Waals surface area contributed by atoms with E-state index in [9.17, 15) is 4.79 Å². The molecule has 172 valence electrons. The molecule has 3 aromatic carbocycles. The Labute approximate surface area is 200 Å². The maximum absolute atomic E-state index is 13.7. The fourth-order valence-electron chi connectivity index (χ4n) is 4.45. The number of nitrogens with zero attached hydrogens (tertiary/aromatic N) is 4. The van der Waals surface area contributed by atoms with Gasteiger partial charge in [-0.1, -0.05) is 72.8 Å². The number of rotatable bonds is 6. The molecular weight excluding hydrogens is 424 g/mol. The number of amides is 1. The molecule has 1 aromatic heterocycles. The number of ether oxygens (including phenoxy) is 1. The molecule has 0 spiro atoms. The van der Waals surface area contributed by atoms with Crippen molar-refractivity contribution in [1.82, 2.24) is 14.7 Å². The third kappa shape index (κ3) is 4.53. The largest absolute Gasteiger partial charge is 0.495 e. The molecule has 34 heavy (non-hydrogen) atoms. The highest BCUT2D eigenvalue weighted by molar-refractivity contribution is 6.00. The molecule has 0 atom stereocenters. The zero-order valence-electron chi connectivity index (χ0n) is 19.3. The average molecular weight is 453 g/mol. The first-order chi connectivity index (χ1) is 16.7. The Hall–Kier alpha value is -4.06. The van der Waals surface area contributed by atoms with Crippen molar-refractivity contribution in [2.45, 2.75) is 6.54 Å². The van der Waals surface area contributed by atoms with E-state index in [0.29, 0.717) is 25.2 Å². The van der Waals surface area contributed by atoms with Gasteiger partial charge in [0.05, 0.1) is 24.9 Å². The molecule has 0 aliphatic carbocycles. The van der Waals surface area contributed by atoms with Gasteiger partial charge in [0.1, 0.15) is 11.4 Å². The fourth-order valence-corrected chi connectivity index (χ4v) is 4.45. The Morgan fingerprint density at radius 3 is 2.21 bits per heavy atom. The van der Waals surface area contributed by atoms with Crippen molar-refractivity contribution in [2.75, 3.05) is 38.2 Å². The first kappa shape index (κ1) is 21.8. The van der Waals surface area contributed by atoms with E-state index in [-0.39, 0.29) is 5.91 Å². The summed E-state index contributed by atoms with van der Waals surface area (Å²) in [4.78, 5) is 17.9. The van der Waals surface area contributed by atoms with Crippen molar-refractivity contribution < 1.29 is 9.53 Å². The van der Waals surface area contributed by atoms with Gasteiger partial charge in [-0.2, -0.15) is 5.10 Å². The van der Waals surface area contributed by atoms with E-state index < -0.39 is 0 Å². The quantitative estimate of drug-likeness (QED) is 0.430. The lowest BCUT2D eigenvalue weighted by Gasteiger charge is -2.36. The maximum atomic E-state index is 13.7. The lowest BCUT2D eigenvalue weighted by Crippen LogP contribution is -2.48. The SMILES string of the molecule is COc1ccccc1N1CCN(C(=O)c2cn(Cc3ccccc3)nc2-c2ccccc2)CC1. The molecule has 4 aromatic rings. The Balaban J connectivity index is 1.38. The molecule has 1 saturated heterocycles. The molecule has 0 bridgehead atoms. The van der Waals surface area contributed by atoms with Crippen molar-refractivity contribution in [2.24, 2.45) is 0 Å². The number of para-hydroxylation sites is 2. The molecule has 6 nitrogen and oxygen atoms in total. The summed E-state index contributed by atoms with van der Waals surface area (Å²) < 4.78 is 7.40. The second-order valence-electron chi connectivity index (χ2n) is 8.39. The van der Waals surface area contributed by atoms with Crippen molar-refractivity contribution >= 4 is 11.6 Å². The van der Waals surface area contributed by atoms with Crippen LogP contribution in [0.15, 0.2) is 91.1 Å². The minimum absolute atomic E-state index is 0.0258. The lowest BCUT2D eigenvalue weighted by atomic mass is 10.1. The number of carbonyl (C=O) groups excluding carboxylic acids is 1. The number of methoxy groups -OCH3 is 1. The van der Waals surface area contributed by atoms with E-state index in [0.717, 1.165) is 41.3 Å². The Morgan fingerprint density at radius 1 is 0.853 bits per heavy atom. The molecular formula is C28H28N4O2. The zero-order chi connectivity index (χ0) is 23.3. The van der Waals surface area contributed by atoms with Crippen molar-refractivity contribution in [3.63, 3.8) is 0 Å². The minimum Gasteiger partial charge on any atom is -0.495 e. The third-order valence-electron chi connectivity index (χ3n) is 6.22. The van der Waals surface area contributed by atoms with E-state index in [1.54, 1.807) is 7.11 Å². The number of piperazine rings is 1. The van der Waals surface area contributed by atoms with Gasteiger partial charge in [-0.25, -0.2) is 0 Å². The summed E-state index contributed by atoms with van der Waals surface area (Å²) in [5.41, 5.74) is 4.54. The zero-order valence-corrected chi connectivity index (χ0v) is 19.3. The minimum atomic E-state index is 0.0258. The van der Waals surface area contributed by atoms with Gasteiger partial charge >= 0.3 is 0 Å². The van der Waals surface area contributed by atoms with E-state index in [2.05, 4.69) is 23.1 Å². The first-order valence-corrected chi connectivity index (χ1v) is 11.6. The highest BCUT2D eigenvalue weighted by Crippen LogP contribution is 2.29. The van der Waals surface area contributed by atoms with Crippen LogP contribution in [0.1, 0.15) is 15.9 Å². The van der Waals surface area contributed by atoms with E-state index in [4.69, 9.17) is 9.84 Å². The van der Waals surface area contributed by atoms with E-state index in [1.165, 1.54) is 0 Å². The van der Waals surface area contributed by atoms with Crippen LogP contribution < -0.4 is 9.64 Å². The van der Waals surface area contributed by atoms with E-state index >= 15 is 0 Å². The van der Waals surface area contributed by atoms with Crippen LogP contribution in [-0.2, 0) is 6.54 Å². The van der Waals surface area contributed by atoms with Gasteiger partial charge in [0, 0.05) is 37.9 Å². The van der Waals surface area contributed by atoms with Gasteiger partial charge in [0.15, 0.2) is 0 Å². The number of hydrogen-bond donors (Lipinski definition) is 0. The molecule has 0 saturated carbocycles. The highest BCUT2D eigenvalue weighted by Gasteiger charge is 2.27. The van der Waals surface area contributed by atoms with Crippen molar-refractivity contribution in [1.29, 1.82) is 0 Å². The number of hydrogen-bond acceptors (Lipinski definition) is 4. The predicted octanol–water partition coefficient (Wildman–Crippen LogP) is 4.57. The fraction of sp³-hybridized carbons (Fsp3) is 0.214. The smallest absolute Gasteiger partial charge is 0.257 e. The Bertz CT molecular complexity index is 1250. The molecule has 1 fully saturated rings.